The standard InChI is InChI=1S/C21H32N2O4/c1-20(2)8-16-9-21(3,13-20)14-23(16)11-17-18(24)15(12-27-19(17)25)10-22-4-6-26-7-5-22/h12,16,24H,4-11,13-14H2,1-3H3/t16-,21-/m0/s1. The molecule has 1 aliphatic carbocycles. The van der Waals surface area contributed by atoms with Gasteiger partial charge in [0.1, 0.15) is 12.0 Å². The van der Waals surface area contributed by atoms with Crippen LogP contribution in [0.3, 0.4) is 0 Å². The van der Waals surface area contributed by atoms with Crippen LogP contribution in [0.15, 0.2) is 15.5 Å². The summed E-state index contributed by atoms with van der Waals surface area (Å²) in [6.07, 6.45) is 4.95. The number of aromatic hydroxyl groups is 1. The van der Waals surface area contributed by atoms with E-state index < -0.39 is 5.63 Å². The van der Waals surface area contributed by atoms with Gasteiger partial charge in [0.15, 0.2) is 0 Å². The van der Waals surface area contributed by atoms with Gasteiger partial charge in [-0.15, -0.1) is 0 Å². The lowest BCUT2D eigenvalue weighted by Gasteiger charge is -2.39. The number of nitrogens with zero attached hydrogens (tertiary/aromatic N) is 2. The summed E-state index contributed by atoms with van der Waals surface area (Å²) in [5.74, 6) is 0.114. The van der Waals surface area contributed by atoms with Crippen LogP contribution in [0, 0.1) is 10.8 Å². The average molecular weight is 376 g/mol. The molecule has 1 N–H and O–H groups in total. The first-order valence-corrected chi connectivity index (χ1v) is 10.1. The maximum atomic E-state index is 12.4. The van der Waals surface area contributed by atoms with Crippen molar-refractivity contribution in [3.05, 3.63) is 27.8 Å². The molecule has 1 aromatic heterocycles. The minimum Gasteiger partial charge on any atom is -0.507 e. The molecule has 2 aliphatic heterocycles. The fourth-order valence-electron chi connectivity index (χ4n) is 5.76. The highest BCUT2D eigenvalue weighted by Gasteiger charge is 2.49. The van der Waals surface area contributed by atoms with Crippen LogP contribution in [-0.4, -0.2) is 53.8 Å². The molecule has 3 aliphatic rings. The molecule has 4 rings (SSSR count). The fourth-order valence-corrected chi connectivity index (χ4v) is 5.76. The second kappa shape index (κ2) is 6.90. The molecule has 150 valence electrons. The first kappa shape index (κ1) is 19.0. The van der Waals surface area contributed by atoms with E-state index in [1.807, 2.05) is 0 Å². The molecule has 2 atom stereocenters. The highest BCUT2D eigenvalue weighted by atomic mass is 16.5. The van der Waals surface area contributed by atoms with Crippen molar-refractivity contribution < 1.29 is 14.3 Å². The van der Waals surface area contributed by atoms with Gasteiger partial charge in [-0.25, -0.2) is 4.79 Å². The molecule has 0 unspecified atom stereocenters. The van der Waals surface area contributed by atoms with Crippen molar-refractivity contribution in [3.63, 3.8) is 0 Å². The van der Waals surface area contributed by atoms with E-state index >= 15 is 0 Å². The predicted octanol–water partition coefficient (Wildman–Crippen LogP) is 2.58. The van der Waals surface area contributed by atoms with Gasteiger partial charge in [-0.05, 0) is 30.1 Å². The van der Waals surface area contributed by atoms with Crippen molar-refractivity contribution in [3.8, 4) is 5.75 Å². The zero-order valence-corrected chi connectivity index (χ0v) is 16.8. The third kappa shape index (κ3) is 3.93. The average Bonchev–Trinajstić information content (AvgIpc) is 2.83. The van der Waals surface area contributed by atoms with E-state index in [9.17, 15) is 9.90 Å². The summed E-state index contributed by atoms with van der Waals surface area (Å²) in [7, 11) is 0. The lowest BCUT2D eigenvalue weighted by Crippen LogP contribution is -2.36. The van der Waals surface area contributed by atoms with Crippen LogP contribution >= 0.6 is 0 Å². The van der Waals surface area contributed by atoms with E-state index in [1.165, 1.54) is 19.1 Å². The van der Waals surface area contributed by atoms with Crippen molar-refractivity contribution in [1.29, 1.82) is 0 Å². The molecule has 27 heavy (non-hydrogen) atoms. The van der Waals surface area contributed by atoms with Crippen LogP contribution in [-0.2, 0) is 17.8 Å². The van der Waals surface area contributed by atoms with Gasteiger partial charge in [-0.1, -0.05) is 20.8 Å². The van der Waals surface area contributed by atoms with Crippen LogP contribution in [0.2, 0.25) is 0 Å². The Bertz CT molecular complexity index is 753. The maximum absolute atomic E-state index is 12.4. The summed E-state index contributed by atoms with van der Waals surface area (Å²) < 4.78 is 10.7. The quantitative estimate of drug-likeness (QED) is 0.871. The first-order valence-electron chi connectivity index (χ1n) is 10.1. The SMILES string of the molecule is CC1(C)C[C@H]2C[C@](C)(CN2Cc2c(O)c(CN3CCOCC3)coc2=O)C1. The third-order valence-corrected chi connectivity index (χ3v) is 6.53. The number of hydrogen-bond donors (Lipinski definition) is 1. The van der Waals surface area contributed by atoms with Gasteiger partial charge in [0.25, 0.3) is 0 Å². The molecule has 1 aromatic rings. The topological polar surface area (TPSA) is 66.2 Å². The lowest BCUT2D eigenvalue weighted by atomic mass is 9.65. The molecule has 0 radical (unpaired) electrons. The van der Waals surface area contributed by atoms with Gasteiger partial charge >= 0.3 is 5.63 Å². The Morgan fingerprint density at radius 1 is 1.19 bits per heavy atom. The second-order valence-electron chi connectivity index (χ2n) is 9.88. The summed E-state index contributed by atoms with van der Waals surface area (Å²) >= 11 is 0. The van der Waals surface area contributed by atoms with Gasteiger partial charge in [0.05, 0.1) is 18.8 Å². The zero-order chi connectivity index (χ0) is 19.2. The Morgan fingerprint density at radius 3 is 2.67 bits per heavy atom. The molecular formula is C21H32N2O4. The van der Waals surface area contributed by atoms with Crippen molar-refractivity contribution in [2.24, 2.45) is 10.8 Å². The number of morpholine rings is 1. The number of hydrogen-bond acceptors (Lipinski definition) is 6. The van der Waals surface area contributed by atoms with Gasteiger partial charge in [0.2, 0.25) is 0 Å². The normalized spacial score (nSPS) is 31.3. The van der Waals surface area contributed by atoms with Crippen LogP contribution in [0.5, 0.6) is 5.75 Å². The molecule has 0 aromatic carbocycles. The molecule has 0 spiro atoms. The van der Waals surface area contributed by atoms with Crippen LogP contribution in [0.4, 0.5) is 0 Å². The molecule has 3 fully saturated rings. The minimum atomic E-state index is -0.413. The number of rotatable bonds is 4. The molecule has 6 nitrogen and oxygen atoms in total. The zero-order valence-electron chi connectivity index (χ0n) is 16.8. The maximum Gasteiger partial charge on any atom is 0.343 e. The van der Waals surface area contributed by atoms with E-state index in [2.05, 4.69) is 30.6 Å². The van der Waals surface area contributed by atoms with Crippen molar-refractivity contribution in [2.45, 2.75) is 59.2 Å². The number of likely N-dealkylation sites (tertiary alicyclic amines) is 1. The van der Waals surface area contributed by atoms with Crippen LogP contribution in [0.25, 0.3) is 0 Å². The van der Waals surface area contributed by atoms with E-state index in [1.54, 1.807) is 0 Å². The Balaban J connectivity index is 1.54. The molecule has 1 saturated carbocycles. The highest BCUT2D eigenvalue weighted by molar-refractivity contribution is 5.36. The Kier molecular flexibility index (Phi) is 4.85. The highest BCUT2D eigenvalue weighted by Crippen LogP contribution is 2.52. The molecule has 3 heterocycles. The monoisotopic (exact) mass is 376 g/mol. The third-order valence-electron chi connectivity index (χ3n) is 6.53. The molecule has 0 amide bonds. The smallest absolute Gasteiger partial charge is 0.343 e. The largest absolute Gasteiger partial charge is 0.507 e. The van der Waals surface area contributed by atoms with Crippen molar-refractivity contribution >= 4 is 0 Å². The summed E-state index contributed by atoms with van der Waals surface area (Å²) in [6, 6.07) is 0.473. The van der Waals surface area contributed by atoms with Crippen molar-refractivity contribution in [1.82, 2.24) is 9.80 Å². The summed E-state index contributed by atoms with van der Waals surface area (Å²) in [4.78, 5) is 17.0. The summed E-state index contributed by atoms with van der Waals surface area (Å²) in [6.45, 7) is 12.1. The summed E-state index contributed by atoms with van der Waals surface area (Å²) in [5, 5.41) is 10.8. The van der Waals surface area contributed by atoms with Gasteiger partial charge in [-0.2, -0.15) is 0 Å². The summed E-state index contributed by atoms with van der Waals surface area (Å²) in [5.41, 5.74) is 1.32. The van der Waals surface area contributed by atoms with Gasteiger partial charge in [0, 0.05) is 44.3 Å². The number of ether oxygens (including phenoxy) is 1. The Labute approximate surface area is 161 Å². The van der Waals surface area contributed by atoms with E-state index in [-0.39, 0.29) is 5.75 Å². The second-order valence-corrected chi connectivity index (χ2v) is 9.88. The predicted molar refractivity (Wildman–Crippen MR) is 103 cm³/mol. The van der Waals surface area contributed by atoms with E-state index in [0.29, 0.717) is 54.3 Å². The fraction of sp³-hybridized carbons (Fsp3) is 0.762. The number of fused-ring (bicyclic) bond motifs is 2. The molecule has 2 bridgehead atoms. The lowest BCUT2D eigenvalue weighted by molar-refractivity contribution is 0.0335. The van der Waals surface area contributed by atoms with Gasteiger partial charge < -0.3 is 14.3 Å². The van der Waals surface area contributed by atoms with Crippen molar-refractivity contribution in [2.75, 3.05) is 32.8 Å². The minimum absolute atomic E-state index is 0.114. The van der Waals surface area contributed by atoms with Crippen LogP contribution in [0.1, 0.15) is 51.2 Å². The Hall–Kier alpha value is -1.37. The Morgan fingerprint density at radius 2 is 1.93 bits per heavy atom. The molecule has 2 saturated heterocycles. The van der Waals surface area contributed by atoms with Crippen LogP contribution < -0.4 is 5.63 Å². The van der Waals surface area contributed by atoms with Gasteiger partial charge in [-0.3, -0.25) is 9.80 Å². The van der Waals surface area contributed by atoms with E-state index in [0.717, 1.165) is 26.1 Å². The first-order chi connectivity index (χ1) is 12.7. The molecular weight excluding hydrogens is 344 g/mol. The van der Waals surface area contributed by atoms with E-state index in [4.69, 9.17) is 9.15 Å². The molecule has 6 heteroatoms.